The maximum Gasteiger partial charge on any atom is 0.241 e. The molecule has 0 heterocycles. The predicted octanol–water partition coefficient (Wildman–Crippen LogP) is -0.888. The third kappa shape index (κ3) is 4.80. The zero-order valence-corrected chi connectivity index (χ0v) is 12.4. The van der Waals surface area contributed by atoms with Crippen molar-refractivity contribution in [3.8, 4) is 0 Å². The highest BCUT2D eigenvalue weighted by Crippen LogP contribution is 2.17. The Hall–Kier alpha value is -1.07. The number of sulfonamides is 2. The summed E-state index contributed by atoms with van der Waals surface area (Å²) >= 11 is 0. The molecule has 0 bridgehead atoms. The van der Waals surface area contributed by atoms with Crippen molar-refractivity contribution in [3.05, 3.63) is 29.6 Å². The molecular formula is C10H16FN3O4S2. The van der Waals surface area contributed by atoms with Crippen molar-refractivity contribution < 1.29 is 21.2 Å². The molecule has 0 aromatic heterocycles. The van der Waals surface area contributed by atoms with E-state index in [1.54, 1.807) is 0 Å². The minimum atomic E-state index is -3.95. The van der Waals surface area contributed by atoms with Crippen molar-refractivity contribution >= 4 is 20.0 Å². The molecule has 4 N–H and O–H groups in total. The van der Waals surface area contributed by atoms with Crippen molar-refractivity contribution in [2.45, 2.75) is 11.4 Å². The SMILES string of the molecule is CS(=O)(=O)NCCNS(=O)(=O)c1cccc(F)c1CN. The van der Waals surface area contributed by atoms with Gasteiger partial charge in [0.1, 0.15) is 5.82 Å². The van der Waals surface area contributed by atoms with Gasteiger partial charge in [-0.15, -0.1) is 0 Å². The molecule has 0 radical (unpaired) electrons. The van der Waals surface area contributed by atoms with Crippen LogP contribution in [0.2, 0.25) is 0 Å². The minimum absolute atomic E-state index is 0.106. The summed E-state index contributed by atoms with van der Waals surface area (Å²) in [6, 6.07) is 3.61. The van der Waals surface area contributed by atoms with Crippen LogP contribution in [0.3, 0.4) is 0 Å². The first-order valence-electron chi connectivity index (χ1n) is 5.59. The number of nitrogens with one attached hydrogen (secondary N) is 2. The molecule has 0 spiro atoms. The van der Waals surface area contributed by atoms with Crippen molar-refractivity contribution in [1.82, 2.24) is 9.44 Å². The fourth-order valence-electron chi connectivity index (χ4n) is 1.49. The minimum Gasteiger partial charge on any atom is -0.326 e. The van der Waals surface area contributed by atoms with Gasteiger partial charge in [-0.3, -0.25) is 0 Å². The number of benzene rings is 1. The van der Waals surface area contributed by atoms with Crippen molar-refractivity contribution in [2.75, 3.05) is 19.3 Å². The summed E-state index contributed by atoms with van der Waals surface area (Å²) in [4.78, 5) is -0.251. The molecule has 0 amide bonds. The average molecular weight is 325 g/mol. The molecule has 0 saturated heterocycles. The van der Waals surface area contributed by atoms with E-state index in [9.17, 15) is 21.2 Å². The average Bonchev–Trinajstić information content (AvgIpc) is 2.33. The van der Waals surface area contributed by atoms with Gasteiger partial charge in [-0.05, 0) is 12.1 Å². The molecular weight excluding hydrogens is 309 g/mol. The largest absolute Gasteiger partial charge is 0.326 e. The van der Waals surface area contributed by atoms with E-state index in [-0.39, 0.29) is 30.1 Å². The van der Waals surface area contributed by atoms with E-state index in [1.165, 1.54) is 12.1 Å². The van der Waals surface area contributed by atoms with Crippen molar-refractivity contribution in [2.24, 2.45) is 5.73 Å². The van der Waals surface area contributed by atoms with Crippen molar-refractivity contribution in [1.29, 1.82) is 0 Å². The van der Waals surface area contributed by atoms with Crippen molar-refractivity contribution in [3.63, 3.8) is 0 Å². The quantitative estimate of drug-likeness (QED) is 0.562. The molecule has 0 atom stereocenters. The first kappa shape index (κ1) is 17.0. The van der Waals surface area contributed by atoms with Gasteiger partial charge in [-0.1, -0.05) is 6.07 Å². The van der Waals surface area contributed by atoms with E-state index in [1.807, 2.05) is 0 Å². The molecule has 20 heavy (non-hydrogen) atoms. The van der Waals surface area contributed by atoms with Crippen LogP contribution >= 0.6 is 0 Å². The van der Waals surface area contributed by atoms with Crippen LogP contribution in [0.15, 0.2) is 23.1 Å². The maximum absolute atomic E-state index is 13.5. The molecule has 10 heteroatoms. The Balaban J connectivity index is 2.82. The third-order valence-electron chi connectivity index (χ3n) is 2.35. The van der Waals surface area contributed by atoms with E-state index in [2.05, 4.69) is 9.44 Å². The Kier molecular flexibility index (Phi) is 5.59. The van der Waals surface area contributed by atoms with Crippen LogP contribution in [0, 0.1) is 5.82 Å². The highest BCUT2D eigenvalue weighted by molar-refractivity contribution is 7.89. The smallest absolute Gasteiger partial charge is 0.241 e. The number of hydrogen-bond donors (Lipinski definition) is 3. The van der Waals surface area contributed by atoms with Crippen LogP contribution in [0.1, 0.15) is 5.56 Å². The standard InChI is InChI=1S/C10H16FN3O4S2/c1-19(15,16)13-5-6-14-20(17,18)10-4-2-3-9(11)8(10)7-12/h2-4,13-14H,5-7,12H2,1H3. The molecule has 1 aromatic carbocycles. The summed E-state index contributed by atoms with van der Waals surface area (Å²) in [5.74, 6) is -0.704. The van der Waals surface area contributed by atoms with Crippen LogP contribution in [0.25, 0.3) is 0 Å². The summed E-state index contributed by atoms with van der Waals surface area (Å²) in [6.45, 7) is -0.522. The second-order valence-electron chi connectivity index (χ2n) is 3.98. The van der Waals surface area contributed by atoms with Crippen LogP contribution in [-0.2, 0) is 26.6 Å². The molecule has 0 fully saturated rings. The summed E-state index contributed by atoms with van der Waals surface area (Å²) < 4.78 is 63.4. The fourth-order valence-corrected chi connectivity index (χ4v) is 3.25. The molecule has 0 aliphatic heterocycles. The number of halogens is 1. The number of hydrogen-bond acceptors (Lipinski definition) is 5. The molecule has 0 unspecified atom stereocenters. The van der Waals surface area contributed by atoms with Gasteiger partial charge in [0.15, 0.2) is 0 Å². The topological polar surface area (TPSA) is 118 Å². The Labute approximate surface area is 117 Å². The van der Waals surface area contributed by atoms with Gasteiger partial charge in [0.2, 0.25) is 20.0 Å². The molecule has 0 saturated carbocycles. The fraction of sp³-hybridized carbons (Fsp3) is 0.400. The van der Waals surface area contributed by atoms with Gasteiger partial charge in [-0.2, -0.15) is 0 Å². The van der Waals surface area contributed by atoms with E-state index in [4.69, 9.17) is 5.73 Å². The van der Waals surface area contributed by atoms with E-state index >= 15 is 0 Å². The van der Waals surface area contributed by atoms with Crippen LogP contribution < -0.4 is 15.2 Å². The lowest BCUT2D eigenvalue weighted by Gasteiger charge is -2.11. The first-order chi connectivity index (χ1) is 9.17. The summed E-state index contributed by atoms with van der Waals surface area (Å²) in [6.07, 6.45) is 0.959. The normalized spacial score (nSPS) is 12.6. The lowest BCUT2D eigenvalue weighted by atomic mass is 10.2. The van der Waals surface area contributed by atoms with Crippen LogP contribution in [-0.4, -0.2) is 36.2 Å². The monoisotopic (exact) mass is 325 g/mol. The Morgan fingerprint density at radius 3 is 2.30 bits per heavy atom. The molecule has 0 aliphatic rings. The lowest BCUT2D eigenvalue weighted by molar-refractivity contribution is 0.567. The first-order valence-corrected chi connectivity index (χ1v) is 8.96. The zero-order chi connectivity index (χ0) is 15.4. The second-order valence-corrected chi connectivity index (χ2v) is 7.55. The van der Waals surface area contributed by atoms with E-state index in [0.717, 1.165) is 12.3 Å². The van der Waals surface area contributed by atoms with Gasteiger partial charge in [0.05, 0.1) is 11.2 Å². The second kappa shape index (κ2) is 6.59. The van der Waals surface area contributed by atoms with Gasteiger partial charge < -0.3 is 5.73 Å². The summed E-state index contributed by atoms with van der Waals surface area (Å²) in [7, 11) is -7.34. The molecule has 0 aliphatic carbocycles. The van der Waals surface area contributed by atoms with Crippen LogP contribution in [0.4, 0.5) is 4.39 Å². The van der Waals surface area contributed by atoms with E-state index in [0.29, 0.717) is 0 Å². The predicted molar refractivity (Wildman–Crippen MR) is 72.3 cm³/mol. The summed E-state index contributed by atoms with van der Waals surface area (Å²) in [5, 5.41) is 0. The third-order valence-corrected chi connectivity index (χ3v) is 4.63. The van der Waals surface area contributed by atoms with Gasteiger partial charge in [0.25, 0.3) is 0 Å². The number of rotatable bonds is 7. The summed E-state index contributed by atoms with van der Waals surface area (Å²) in [5.41, 5.74) is 5.22. The maximum atomic E-state index is 13.5. The molecule has 114 valence electrons. The molecule has 1 rings (SSSR count). The highest BCUT2D eigenvalue weighted by Gasteiger charge is 2.19. The van der Waals surface area contributed by atoms with E-state index < -0.39 is 25.9 Å². The van der Waals surface area contributed by atoms with Gasteiger partial charge in [0, 0.05) is 25.2 Å². The van der Waals surface area contributed by atoms with Gasteiger partial charge in [-0.25, -0.2) is 30.7 Å². The highest BCUT2D eigenvalue weighted by atomic mass is 32.2. The molecule has 1 aromatic rings. The Bertz CT molecular complexity index is 674. The van der Waals surface area contributed by atoms with Gasteiger partial charge >= 0.3 is 0 Å². The lowest BCUT2D eigenvalue weighted by Crippen LogP contribution is -2.34. The van der Waals surface area contributed by atoms with Crippen LogP contribution in [0.5, 0.6) is 0 Å². The zero-order valence-electron chi connectivity index (χ0n) is 10.8. The molecule has 7 nitrogen and oxygen atoms in total. The Morgan fingerprint density at radius 1 is 1.15 bits per heavy atom. The number of nitrogens with two attached hydrogens (primary N) is 1. The Morgan fingerprint density at radius 2 is 1.75 bits per heavy atom.